The van der Waals surface area contributed by atoms with E-state index in [1.54, 1.807) is 16.7 Å². The predicted molar refractivity (Wildman–Crippen MR) is 118 cm³/mol. The normalized spacial score (nSPS) is 16.6. The molecule has 28 heavy (non-hydrogen) atoms. The summed E-state index contributed by atoms with van der Waals surface area (Å²) in [6.07, 6.45) is 4.02. The number of nitrogens with zero attached hydrogens (tertiary/aromatic N) is 2. The number of thiazole rings is 1. The summed E-state index contributed by atoms with van der Waals surface area (Å²) in [6, 6.07) is 11.5. The number of carbonyl (C=O) groups excluding carboxylic acids is 1. The quantitative estimate of drug-likeness (QED) is 0.477. The molecule has 0 bridgehead atoms. The highest BCUT2D eigenvalue weighted by Gasteiger charge is 2.28. The zero-order valence-corrected chi connectivity index (χ0v) is 18.2. The molecule has 1 unspecified atom stereocenters. The van der Waals surface area contributed by atoms with Gasteiger partial charge in [-0.15, -0.1) is 11.8 Å². The Balaban J connectivity index is 1.77. The molecule has 2 heterocycles. The van der Waals surface area contributed by atoms with Gasteiger partial charge in [0.2, 0.25) is 0 Å². The van der Waals surface area contributed by atoms with Crippen LogP contribution in [0.15, 0.2) is 41.3 Å². The molecule has 1 amide bonds. The number of anilines is 1. The standard InChI is InChI=1S/C21H21ClN2O2S2/c1-13-10-14(22)11-18-19(13)23-21(28-18)24(12-15-6-5-9-26-15)20(25)16-7-3-4-8-17(16)27-2/h3-4,7-8,10-11,15H,5-6,9,12H2,1-2H3. The Morgan fingerprint density at radius 3 is 2.96 bits per heavy atom. The van der Waals surface area contributed by atoms with Crippen molar-refractivity contribution in [1.29, 1.82) is 0 Å². The maximum absolute atomic E-state index is 13.5. The molecule has 3 aromatic rings. The molecule has 1 aliphatic heterocycles. The van der Waals surface area contributed by atoms with Gasteiger partial charge in [-0.1, -0.05) is 35.1 Å². The summed E-state index contributed by atoms with van der Waals surface area (Å²) in [6.45, 7) is 3.25. The molecule has 1 aliphatic rings. The van der Waals surface area contributed by atoms with Gasteiger partial charge in [0.15, 0.2) is 5.13 Å². The van der Waals surface area contributed by atoms with Gasteiger partial charge in [-0.3, -0.25) is 9.69 Å². The number of hydrogen-bond donors (Lipinski definition) is 0. The van der Waals surface area contributed by atoms with Gasteiger partial charge < -0.3 is 4.74 Å². The average Bonchev–Trinajstić information content (AvgIpc) is 3.35. The summed E-state index contributed by atoms with van der Waals surface area (Å²) in [5, 5.41) is 1.38. The topological polar surface area (TPSA) is 42.4 Å². The molecule has 0 spiro atoms. The number of rotatable bonds is 5. The van der Waals surface area contributed by atoms with Gasteiger partial charge in [-0.05, 0) is 55.9 Å². The largest absolute Gasteiger partial charge is 0.376 e. The molecule has 0 aliphatic carbocycles. The van der Waals surface area contributed by atoms with E-state index in [2.05, 4.69) is 0 Å². The lowest BCUT2D eigenvalue weighted by atomic mass is 10.1. The molecular formula is C21H21ClN2O2S2. The first-order chi connectivity index (χ1) is 13.6. The number of halogens is 1. The first-order valence-corrected chi connectivity index (χ1v) is 11.6. The molecule has 1 saturated heterocycles. The SMILES string of the molecule is CSc1ccccc1C(=O)N(CC1CCCO1)c1nc2c(C)cc(Cl)cc2s1. The molecule has 4 rings (SSSR count). The molecule has 7 heteroatoms. The van der Waals surface area contributed by atoms with E-state index in [9.17, 15) is 4.79 Å². The Morgan fingerprint density at radius 2 is 2.21 bits per heavy atom. The third-order valence-corrected chi connectivity index (χ3v) is 6.90. The van der Waals surface area contributed by atoms with E-state index in [0.29, 0.717) is 22.3 Å². The van der Waals surface area contributed by atoms with Crippen LogP contribution in [0, 0.1) is 6.92 Å². The zero-order valence-electron chi connectivity index (χ0n) is 15.8. The molecule has 1 atom stereocenters. The Morgan fingerprint density at radius 1 is 1.39 bits per heavy atom. The van der Waals surface area contributed by atoms with E-state index in [4.69, 9.17) is 21.3 Å². The number of hydrogen-bond acceptors (Lipinski definition) is 5. The van der Waals surface area contributed by atoms with Gasteiger partial charge >= 0.3 is 0 Å². The average molecular weight is 433 g/mol. The van der Waals surface area contributed by atoms with Gasteiger partial charge in [0.25, 0.3) is 5.91 Å². The van der Waals surface area contributed by atoms with Crippen molar-refractivity contribution >= 4 is 56.0 Å². The Kier molecular flexibility index (Phi) is 5.92. The van der Waals surface area contributed by atoms with Gasteiger partial charge in [-0.25, -0.2) is 4.98 Å². The predicted octanol–water partition coefficient (Wildman–Crippen LogP) is 5.81. The van der Waals surface area contributed by atoms with E-state index in [0.717, 1.165) is 40.1 Å². The van der Waals surface area contributed by atoms with Gasteiger partial charge in [-0.2, -0.15) is 0 Å². The second kappa shape index (κ2) is 8.41. The molecular weight excluding hydrogens is 412 g/mol. The highest BCUT2D eigenvalue weighted by molar-refractivity contribution is 7.98. The van der Waals surface area contributed by atoms with Crippen LogP contribution < -0.4 is 4.90 Å². The van der Waals surface area contributed by atoms with Crippen molar-refractivity contribution in [2.75, 3.05) is 24.3 Å². The third kappa shape index (κ3) is 3.92. The highest BCUT2D eigenvalue weighted by atomic mass is 35.5. The third-order valence-electron chi connectivity index (χ3n) is 4.86. The molecule has 4 nitrogen and oxygen atoms in total. The summed E-state index contributed by atoms with van der Waals surface area (Å²) >= 11 is 9.30. The summed E-state index contributed by atoms with van der Waals surface area (Å²) in [5.41, 5.74) is 2.61. The lowest BCUT2D eigenvalue weighted by Crippen LogP contribution is -2.37. The van der Waals surface area contributed by atoms with Gasteiger partial charge in [0.05, 0.1) is 28.4 Å². The van der Waals surface area contributed by atoms with E-state index < -0.39 is 0 Å². The minimum absolute atomic E-state index is 0.0387. The Labute approximate surface area is 177 Å². The van der Waals surface area contributed by atoms with Gasteiger partial charge in [0.1, 0.15) is 0 Å². The number of aromatic nitrogens is 1. The first-order valence-electron chi connectivity index (χ1n) is 9.20. The lowest BCUT2D eigenvalue weighted by Gasteiger charge is -2.24. The van der Waals surface area contributed by atoms with Gasteiger partial charge in [0, 0.05) is 16.5 Å². The summed E-state index contributed by atoms with van der Waals surface area (Å²) in [4.78, 5) is 21.1. The molecule has 1 aromatic heterocycles. The van der Waals surface area contributed by atoms with Crippen LogP contribution in [0.4, 0.5) is 5.13 Å². The Bertz CT molecular complexity index is 1010. The van der Waals surface area contributed by atoms with Crippen LogP contribution >= 0.6 is 34.7 Å². The summed E-state index contributed by atoms with van der Waals surface area (Å²) in [5.74, 6) is -0.0387. The number of fused-ring (bicyclic) bond motifs is 1. The number of carbonyl (C=O) groups is 1. The van der Waals surface area contributed by atoms with E-state index >= 15 is 0 Å². The molecule has 146 valence electrons. The maximum Gasteiger partial charge on any atom is 0.261 e. The number of thioether (sulfide) groups is 1. The van der Waals surface area contributed by atoms with Crippen LogP contribution in [0.5, 0.6) is 0 Å². The number of benzene rings is 2. The van der Waals surface area contributed by atoms with Crippen molar-refractivity contribution in [1.82, 2.24) is 4.98 Å². The minimum Gasteiger partial charge on any atom is -0.376 e. The van der Waals surface area contributed by atoms with Crippen molar-refractivity contribution < 1.29 is 9.53 Å². The number of ether oxygens (including phenoxy) is 1. The maximum atomic E-state index is 13.5. The number of aryl methyl sites for hydroxylation is 1. The van der Waals surface area contributed by atoms with Crippen LogP contribution in [0.1, 0.15) is 28.8 Å². The zero-order chi connectivity index (χ0) is 19.7. The fourth-order valence-corrected chi connectivity index (χ4v) is 5.48. The Hall–Kier alpha value is -1.60. The van der Waals surface area contributed by atoms with Crippen molar-refractivity contribution in [2.24, 2.45) is 0 Å². The lowest BCUT2D eigenvalue weighted by molar-refractivity contribution is 0.0915. The van der Waals surface area contributed by atoms with Crippen LogP contribution in [-0.2, 0) is 4.74 Å². The van der Waals surface area contributed by atoms with E-state index in [-0.39, 0.29) is 12.0 Å². The van der Waals surface area contributed by atoms with Crippen molar-refractivity contribution in [3.63, 3.8) is 0 Å². The van der Waals surface area contributed by atoms with Crippen LogP contribution in [0.25, 0.3) is 10.2 Å². The summed E-state index contributed by atoms with van der Waals surface area (Å²) in [7, 11) is 0. The molecule has 0 radical (unpaired) electrons. The van der Waals surface area contributed by atoms with Crippen LogP contribution in [0.2, 0.25) is 5.02 Å². The molecule has 0 saturated carbocycles. The summed E-state index contributed by atoms with van der Waals surface area (Å²) < 4.78 is 6.81. The van der Waals surface area contributed by atoms with Crippen LogP contribution in [0.3, 0.4) is 0 Å². The molecule has 0 N–H and O–H groups in total. The number of amides is 1. The minimum atomic E-state index is -0.0387. The van der Waals surface area contributed by atoms with E-state index in [1.807, 2.05) is 49.6 Å². The van der Waals surface area contributed by atoms with Crippen LogP contribution in [-0.4, -0.2) is 36.4 Å². The second-order valence-electron chi connectivity index (χ2n) is 6.82. The molecule has 2 aromatic carbocycles. The first kappa shape index (κ1) is 19.7. The monoisotopic (exact) mass is 432 g/mol. The van der Waals surface area contributed by atoms with E-state index in [1.165, 1.54) is 11.3 Å². The fraction of sp³-hybridized carbons (Fsp3) is 0.333. The highest BCUT2D eigenvalue weighted by Crippen LogP contribution is 2.35. The second-order valence-corrected chi connectivity index (χ2v) is 9.11. The smallest absolute Gasteiger partial charge is 0.261 e. The van der Waals surface area contributed by atoms with Crippen molar-refractivity contribution in [3.8, 4) is 0 Å². The molecule has 1 fully saturated rings. The fourth-order valence-electron chi connectivity index (χ4n) is 3.46. The van der Waals surface area contributed by atoms with Crippen molar-refractivity contribution in [2.45, 2.75) is 30.8 Å². The van der Waals surface area contributed by atoms with Crippen molar-refractivity contribution in [3.05, 3.63) is 52.5 Å².